The molecule has 0 aromatic heterocycles. The van der Waals surface area contributed by atoms with Crippen molar-refractivity contribution in [2.75, 3.05) is 0 Å². The fourth-order valence-corrected chi connectivity index (χ4v) is 4.66. The summed E-state index contributed by atoms with van der Waals surface area (Å²) in [5.74, 6) is 0.491. The van der Waals surface area contributed by atoms with Crippen LogP contribution in [0.15, 0.2) is 85.0 Å². The van der Waals surface area contributed by atoms with Gasteiger partial charge in [0.25, 0.3) is 0 Å². The third-order valence-corrected chi connectivity index (χ3v) is 5.65. The van der Waals surface area contributed by atoms with Crippen LogP contribution >= 0.6 is 0 Å². The maximum atomic E-state index is 12.8. The van der Waals surface area contributed by atoms with Gasteiger partial charge in [-0.2, -0.15) is 0 Å². The van der Waals surface area contributed by atoms with Crippen molar-refractivity contribution in [1.29, 1.82) is 0 Å². The molecule has 0 unspecified atom stereocenters. The van der Waals surface area contributed by atoms with Crippen LogP contribution in [0.5, 0.6) is 0 Å². The number of benzene rings is 2. The molecule has 1 N–H and O–H groups in total. The lowest BCUT2D eigenvalue weighted by Crippen LogP contribution is -2.33. The van der Waals surface area contributed by atoms with Gasteiger partial charge in [-0.3, -0.25) is 4.79 Å². The van der Waals surface area contributed by atoms with Gasteiger partial charge < -0.3 is 5.32 Å². The van der Waals surface area contributed by atoms with Crippen LogP contribution in [0.2, 0.25) is 0 Å². The largest absolute Gasteiger partial charge is 0.348 e. The molecule has 5 rings (SSSR count). The summed E-state index contributed by atoms with van der Waals surface area (Å²) < 4.78 is 0. The number of carbonyl (C=O) groups excluding carboxylic acids is 1. The van der Waals surface area contributed by atoms with E-state index in [9.17, 15) is 4.79 Å². The fourth-order valence-electron chi connectivity index (χ4n) is 4.66. The first-order valence-corrected chi connectivity index (χ1v) is 8.85. The molecule has 0 saturated carbocycles. The molecule has 1 aliphatic heterocycles. The van der Waals surface area contributed by atoms with Gasteiger partial charge in [0.15, 0.2) is 0 Å². The number of rotatable bonds is 2. The minimum Gasteiger partial charge on any atom is -0.348 e. The predicted molar refractivity (Wildman–Crippen MR) is 100 cm³/mol. The second-order valence-electron chi connectivity index (χ2n) is 6.94. The molecule has 2 nitrogen and oxygen atoms in total. The van der Waals surface area contributed by atoms with Gasteiger partial charge in [-0.05, 0) is 22.3 Å². The van der Waals surface area contributed by atoms with E-state index in [4.69, 9.17) is 0 Å². The molecular weight excluding hydrogens is 306 g/mol. The van der Waals surface area contributed by atoms with Crippen LogP contribution < -0.4 is 5.32 Å². The highest BCUT2D eigenvalue weighted by molar-refractivity contribution is 6.03. The molecule has 0 radical (unpaired) electrons. The normalized spacial score (nSPS) is 29.5. The first-order valence-electron chi connectivity index (χ1n) is 8.85. The van der Waals surface area contributed by atoms with E-state index in [-0.39, 0.29) is 29.7 Å². The highest BCUT2D eigenvalue weighted by atomic mass is 16.2. The summed E-state index contributed by atoms with van der Waals surface area (Å²) in [5, 5.41) is 3.28. The minimum absolute atomic E-state index is 0.0114. The van der Waals surface area contributed by atoms with Crippen LogP contribution in [0, 0.1) is 17.8 Å². The molecule has 1 fully saturated rings. The van der Waals surface area contributed by atoms with E-state index >= 15 is 0 Å². The van der Waals surface area contributed by atoms with Crippen molar-refractivity contribution in [3.63, 3.8) is 0 Å². The zero-order chi connectivity index (χ0) is 16.8. The molecule has 1 heterocycles. The first kappa shape index (κ1) is 14.5. The Kier molecular flexibility index (Phi) is 3.24. The van der Waals surface area contributed by atoms with E-state index in [0.29, 0.717) is 0 Å². The van der Waals surface area contributed by atoms with Crippen LogP contribution in [0.25, 0.3) is 11.1 Å². The van der Waals surface area contributed by atoms with Crippen molar-refractivity contribution < 1.29 is 4.79 Å². The molecule has 25 heavy (non-hydrogen) atoms. The van der Waals surface area contributed by atoms with E-state index in [2.05, 4.69) is 78.2 Å². The summed E-state index contributed by atoms with van der Waals surface area (Å²) in [4.78, 5) is 12.8. The Morgan fingerprint density at radius 3 is 2.00 bits per heavy atom. The average molecular weight is 325 g/mol. The molecule has 0 spiro atoms. The summed E-state index contributed by atoms with van der Waals surface area (Å²) in [6, 6.07) is 21.1. The smallest absolute Gasteiger partial charge is 0.225 e. The van der Waals surface area contributed by atoms with Crippen LogP contribution in [0.3, 0.4) is 0 Å². The Labute approximate surface area is 147 Å². The molecule has 2 heteroatoms. The van der Waals surface area contributed by atoms with Crippen molar-refractivity contribution in [1.82, 2.24) is 5.32 Å². The van der Waals surface area contributed by atoms with Crippen molar-refractivity contribution in [3.8, 4) is 0 Å². The summed E-state index contributed by atoms with van der Waals surface area (Å²) >= 11 is 0. The standard InChI is InChI=1S/C23H19NO/c25-23-21-17-13-7-8-14-18(21)22(24-23)20(16-11-5-2-6-12-16)19(17)15-9-3-1-4-10-15/h1-14,17-18,21-22H,(H,24,25)/t17-,18-,21-,22-/m0/s1. The van der Waals surface area contributed by atoms with Gasteiger partial charge in [-0.15, -0.1) is 0 Å². The van der Waals surface area contributed by atoms with Crippen molar-refractivity contribution in [3.05, 3.63) is 96.1 Å². The Hall–Kier alpha value is -2.87. The average Bonchev–Trinajstić information content (AvgIpc) is 2.80. The maximum absolute atomic E-state index is 12.8. The second kappa shape index (κ2) is 5.59. The Bertz CT molecular complexity index is 908. The van der Waals surface area contributed by atoms with E-state index in [0.717, 1.165) is 0 Å². The maximum Gasteiger partial charge on any atom is 0.225 e. The summed E-state index contributed by atoms with van der Waals surface area (Å²) in [6.07, 6.45) is 8.60. The summed E-state index contributed by atoms with van der Waals surface area (Å²) in [6.45, 7) is 0. The SMILES string of the molecule is O=C1N[C@@H]2C(c3ccccc3)=C(c3ccccc3)[C@@H]3C=CC=C[C@H]2[C@@H]13. The number of nitrogens with one attached hydrogen (secondary N) is 1. The molecule has 1 saturated heterocycles. The van der Waals surface area contributed by atoms with Crippen LogP contribution in [-0.4, -0.2) is 11.9 Å². The van der Waals surface area contributed by atoms with Crippen molar-refractivity contribution >= 4 is 17.1 Å². The minimum atomic E-state index is -0.0114. The number of hydrogen-bond donors (Lipinski definition) is 1. The molecule has 122 valence electrons. The topological polar surface area (TPSA) is 29.1 Å². The monoisotopic (exact) mass is 325 g/mol. The second-order valence-corrected chi connectivity index (χ2v) is 6.94. The molecular formula is C23H19NO. The Balaban J connectivity index is 1.82. The summed E-state index contributed by atoms with van der Waals surface area (Å²) in [7, 11) is 0. The molecule has 4 bridgehead atoms. The zero-order valence-electron chi connectivity index (χ0n) is 13.8. The van der Waals surface area contributed by atoms with E-state index in [1.807, 2.05) is 12.1 Å². The lowest BCUT2D eigenvalue weighted by Gasteiger charge is -2.35. The van der Waals surface area contributed by atoms with Gasteiger partial charge in [0.05, 0.1) is 12.0 Å². The molecule has 2 aromatic rings. The van der Waals surface area contributed by atoms with Gasteiger partial charge in [-0.1, -0.05) is 85.0 Å². The highest BCUT2D eigenvalue weighted by Crippen LogP contribution is 2.52. The third kappa shape index (κ3) is 2.14. The third-order valence-electron chi connectivity index (χ3n) is 5.65. The molecule has 1 amide bonds. The van der Waals surface area contributed by atoms with E-state index < -0.39 is 0 Å². The van der Waals surface area contributed by atoms with Gasteiger partial charge in [0.1, 0.15) is 0 Å². The molecule has 2 aromatic carbocycles. The fraction of sp³-hybridized carbons (Fsp3) is 0.174. The van der Waals surface area contributed by atoms with Gasteiger partial charge in [-0.25, -0.2) is 0 Å². The lowest BCUT2D eigenvalue weighted by atomic mass is 9.66. The predicted octanol–water partition coefficient (Wildman–Crippen LogP) is 4.08. The van der Waals surface area contributed by atoms with Crippen LogP contribution in [0.4, 0.5) is 0 Å². The molecule has 3 aliphatic rings. The molecule has 4 atom stereocenters. The van der Waals surface area contributed by atoms with Crippen LogP contribution in [-0.2, 0) is 4.79 Å². The highest BCUT2D eigenvalue weighted by Gasteiger charge is 2.52. The van der Waals surface area contributed by atoms with Gasteiger partial charge in [0, 0.05) is 11.8 Å². The van der Waals surface area contributed by atoms with Crippen molar-refractivity contribution in [2.24, 2.45) is 17.8 Å². The lowest BCUT2D eigenvalue weighted by molar-refractivity contribution is -0.123. The van der Waals surface area contributed by atoms with Crippen LogP contribution in [0.1, 0.15) is 11.1 Å². The molecule has 2 aliphatic carbocycles. The summed E-state index contributed by atoms with van der Waals surface area (Å²) in [5.41, 5.74) is 4.96. The number of carbonyl (C=O) groups is 1. The quantitative estimate of drug-likeness (QED) is 0.885. The van der Waals surface area contributed by atoms with E-state index in [1.165, 1.54) is 22.3 Å². The Morgan fingerprint density at radius 2 is 1.32 bits per heavy atom. The number of allylic oxidation sites excluding steroid dienone is 4. The van der Waals surface area contributed by atoms with Gasteiger partial charge >= 0.3 is 0 Å². The van der Waals surface area contributed by atoms with Crippen molar-refractivity contribution in [2.45, 2.75) is 6.04 Å². The number of amides is 1. The zero-order valence-corrected chi connectivity index (χ0v) is 13.8. The Morgan fingerprint density at radius 1 is 0.720 bits per heavy atom. The van der Waals surface area contributed by atoms with Gasteiger partial charge in [0.2, 0.25) is 5.91 Å². The number of hydrogen-bond acceptors (Lipinski definition) is 1. The first-order chi connectivity index (χ1) is 12.3. The van der Waals surface area contributed by atoms with E-state index in [1.54, 1.807) is 0 Å².